The monoisotopic (exact) mass is 265 g/mol. The van der Waals surface area contributed by atoms with E-state index in [9.17, 15) is 9.90 Å². The maximum Gasteiger partial charge on any atom is 0.311 e. The molecule has 1 aromatic rings. The summed E-state index contributed by atoms with van der Waals surface area (Å²) in [5.41, 5.74) is 6.77. The average molecular weight is 265 g/mol. The molecule has 1 heterocycles. The van der Waals surface area contributed by atoms with Crippen LogP contribution in [0.4, 0.5) is 0 Å². The molecule has 5 heteroatoms. The number of carboxylic acids is 1. The van der Waals surface area contributed by atoms with E-state index in [1.165, 1.54) is 0 Å². The van der Waals surface area contributed by atoms with E-state index in [-0.39, 0.29) is 0 Å². The van der Waals surface area contributed by atoms with Crippen LogP contribution in [0.25, 0.3) is 0 Å². The maximum absolute atomic E-state index is 11.3. The van der Waals surface area contributed by atoms with Crippen LogP contribution in [0.15, 0.2) is 12.1 Å². The van der Waals surface area contributed by atoms with Gasteiger partial charge in [-0.1, -0.05) is 0 Å². The Balaban J connectivity index is 2.42. The van der Waals surface area contributed by atoms with Gasteiger partial charge in [0.15, 0.2) is 11.5 Å². The van der Waals surface area contributed by atoms with Crippen LogP contribution in [0.1, 0.15) is 31.0 Å². The average Bonchev–Trinajstić information content (AvgIpc) is 2.36. The van der Waals surface area contributed by atoms with Gasteiger partial charge >= 0.3 is 5.97 Å². The van der Waals surface area contributed by atoms with Crippen molar-refractivity contribution >= 4 is 5.97 Å². The number of rotatable bonds is 3. The van der Waals surface area contributed by atoms with Gasteiger partial charge in [0.1, 0.15) is 13.2 Å². The molecule has 3 N–H and O–H groups in total. The molecule has 19 heavy (non-hydrogen) atoms. The summed E-state index contributed by atoms with van der Waals surface area (Å²) in [5, 5.41) is 9.27. The highest BCUT2D eigenvalue weighted by molar-refractivity contribution is 5.75. The van der Waals surface area contributed by atoms with Crippen molar-refractivity contribution in [1.29, 1.82) is 0 Å². The van der Waals surface area contributed by atoms with Crippen LogP contribution < -0.4 is 15.2 Å². The highest BCUT2D eigenvalue weighted by atomic mass is 16.6. The third-order valence-corrected chi connectivity index (χ3v) is 3.59. The predicted molar refractivity (Wildman–Crippen MR) is 70.5 cm³/mol. The van der Waals surface area contributed by atoms with E-state index >= 15 is 0 Å². The molecule has 1 unspecified atom stereocenters. The molecular weight excluding hydrogens is 246 g/mol. The second-order valence-electron chi connectivity index (χ2n) is 5.36. The lowest BCUT2D eigenvalue weighted by Crippen LogP contribution is -2.36. The van der Waals surface area contributed by atoms with Gasteiger partial charge in [-0.2, -0.15) is 0 Å². The molecule has 0 fully saturated rings. The zero-order valence-corrected chi connectivity index (χ0v) is 11.4. The Morgan fingerprint density at radius 2 is 1.84 bits per heavy atom. The minimum absolute atomic E-state index is 0.493. The summed E-state index contributed by atoms with van der Waals surface area (Å²) in [6.07, 6.45) is 0. The van der Waals surface area contributed by atoms with Gasteiger partial charge < -0.3 is 20.3 Å². The summed E-state index contributed by atoms with van der Waals surface area (Å²) in [4.78, 5) is 11.3. The van der Waals surface area contributed by atoms with Gasteiger partial charge in [-0.3, -0.25) is 4.79 Å². The maximum atomic E-state index is 11.3. The van der Waals surface area contributed by atoms with Crippen molar-refractivity contribution in [2.24, 2.45) is 11.1 Å². The Labute approximate surface area is 112 Å². The van der Waals surface area contributed by atoms with Crippen molar-refractivity contribution in [2.45, 2.75) is 26.8 Å². The number of benzene rings is 1. The quantitative estimate of drug-likeness (QED) is 0.872. The first kappa shape index (κ1) is 13.7. The molecule has 0 aliphatic carbocycles. The van der Waals surface area contributed by atoms with Crippen molar-refractivity contribution in [2.75, 3.05) is 13.2 Å². The Hall–Kier alpha value is -1.75. The number of hydrogen-bond acceptors (Lipinski definition) is 4. The van der Waals surface area contributed by atoms with Crippen LogP contribution in [0.3, 0.4) is 0 Å². The Kier molecular flexibility index (Phi) is 3.41. The molecule has 1 atom stereocenters. The van der Waals surface area contributed by atoms with Gasteiger partial charge in [-0.25, -0.2) is 0 Å². The van der Waals surface area contributed by atoms with Crippen molar-refractivity contribution in [3.63, 3.8) is 0 Å². The van der Waals surface area contributed by atoms with E-state index in [4.69, 9.17) is 15.2 Å². The first-order valence-electron chi connectivity index (χ1n) is 6.23. The fourth-order valence-corrected chi connectivity index (χ4v) is 2.06. The lowest BCUT2D eigenvalue weighted by Gasteiger charge is -2.30. The van der Waals surface area contributed by atoms with E-state index in [1.54, 1.807) is 19.9 Å². The molecule has 104 valence electrons. The molecule has 0 saturated carbocycles. The van der Waals surface area contributed by atoms with E-state index in [0.717, 1.165) is 11.1 Å². The zero-order chi connectivity index (χ0) is 14.2. The largest absolute Gasteiger partial charge is 0.486 e. The zero-order valence-electron chi connectivity index (χ0n) is 11.4. The lowest BCUT2D eigenvalue weighted by molar-refractivity contribution is -0.148. The summed E-state index contributed by atoms with van der Waals surface area (Å²) in [7, 11) is 0. The van der Waals surface area contributed by atoms with Crippen molar-refractivity contribution in [3.8, 4) is 11.5 Å². The molecule has 0 radical (unpaired) electrons. The molecule has 1 aliphatic heterocycles. The van der Waals surface area contributed by atoms with Crippen LogP contribution >= 0.6 is 0 Å². The molecule has 0 saturated heterocycles. The van der Waals surface area contributed by atoms with Crippen LogP contribution in [0, 0.1) is 12.3 Å². The van der Waals surface area contributed by atoms with Gasteiger partial charge in [0.2, 0.25) is 0 Å². The van der Waals surface area contributed by atoms with E-state index in [2.05, 4.69) is 0 Å². The van der Waals surface area contributed by atoms with E-state index in [0.29, 0.717) is 24.7 Å². The van der Waals surface area contributed by atoms with E-state index < -0.39 is 17.4 Å². The van der Waals surface area contributed by atoms with Crippen LogP contribution in [0.2, 0.25) is 0 Å². The third-order valence-electron chi connectivity index (χ3n) is 3.59. The number of aliphatic carboxylic acids is 1. The summed E-state index contributed by atoms with van der Waals surface area (Å²) < 4.78 is 11.0. The van der Waals surface area contributed by atoms with Crippen LogP contribution in [-0.2, 0) is 4.79 Å². The fourth-order valence-electron chi connectivity index (χ4n) is 2.06. The smallest absolute Gasteiger partial charge is 0.311 e. The topological polar surface area (TPSA) is 81.8 Å². The molecule has 0 amide bonds. The van der Waals surface area contributed by atoms with Crippen LogP contribution in [-0.4, -0.2) is 24.3 Å². The van der Waals surface area contributed by atoms with Gasteiger partial charge in [-0.15, -0.1) is 0 Å². The summed E-state index contributed by atoms with van der Waals surface area (Å²) in [6.45, 7) is 6.16. The van der Waals surface area contributed by atoms with Gasteiger partial charge in [0, 0.05) is 6.04 Å². The van der Waals surface area contributed by atoms with Gasteiger partial charge in [0.05, 0.1) is 5.41 Å². The van der Waals surface area contributed by atoms with Crippen LogP contribution in [0.5, 0.6) is 11.5 Å². The molecule has 5 nitrogen and oxygen atoms in total. The molecule has 0 aromatic heterocycles. The molecule has 0 spiro atoms. The summed E-state index contributed by atoms with van der Waals surface area (Å²) >= 11 is 0. The number of nitrogens with two attached hydrogens (primary N) is 1. The number of hydrogen-bond donors (Lipinski definition) is 2. The number of carboxylic acid groups (broad SMARTS) is 1. The molecule has 2 rings (SSSR count). The second kappa shape index (κ2) is 4.74. The summed E-state index contributed by atoms with van der Waals surface area (Å²) in [5.74, 6) is 0.394. The minimum atomic E-state index is -1.05. The second-order valence-corrected chi connectivity index (χ2v) is 5.36. The first-order chi connectivity index (χ1) is 8.84. The van der Waals surface area contributed by atoms with Gasteiger partial charge in [-0.05, 0) is 44.0 Å². The van der Waals surface area contributed by atoms with Crippen molar-refractivity contribution in [3.05, 3.63) is 23.3 Å². The number of carbonyl (C=O) groups is 1. The fraction of sp³-hybridized carbons (Fsp3) is 0.500. The Bertz CT molecular complexity index is 510. The molecule has 0 bridgehead atoms. The number of fused-ring (bicyclic) bond motifs is 1. The Morgan fingerprint density at radius 1 is 1.32 bits per heavy atom. The molecule has 1 aliphatic rings. The summed E-state index contributed by atoms with van der Waals surface area (Å²) in [6, 6.07) is 3.03. The van der Waals surface area contributed by atoms with Crippen molar-refractivity contribution < 1.29 is 19.4 Å². The van der Waals surface area contributed by atoms with E-state index in [1.807, 2.05) is 13.0 Å². The first-order valence-corrected chi connectivity index (χ1v) is 6.23. The molecular formula is C14H19NO4. The SMILES string of the molecule is Cc1cc2c(cc1C(N)C(C)(C)C(=O)O)OCCO2. The predicted octanol–water partition coefficient (Wildman–Crippen LogP) is 1.88. The number of aryl methyl sites for hydroxylation is 1. The standard InChI is InChI=1S/C14H19NO4/c1-8-6-10-11(19-5-4-18-10)7-9(8)12(15)14(2,3)13(16)17/h6-7,12H,4-5,15H2,1-3H3,(H,16,17). The van der Waals surface area contributed by atoms with Gasteiger partial charge in [0.25, 0.3) is 0 Å². The Morgan fingerprint density at radius 3 is 2.37 bits per heavy atom. The number of ether oxygens (including phenoxy) is 2. The normalized spacial score (nSPS) is 16.0. The van der Waals surface area contributed by atoms with Crippen molar-refractivity contribution in [1.82, 2.24) is 0 Å². The highest BCUT2D eigenvalue weighted by Crippen LogP contribution is 2.39. The highest BCUT2D eigenvalue weighted by Gasteiger charge is 2.36. The molecule has 1 aromatic carbocycles. The lowest BCUT2D eigenvalue weighted by atomic mass is 9.79. The third kappa shape index (κ3) is 2.38. The minimum Gasteiger partial charge on any atom is -0.486 e.